The van der Waals surface area contributed by atoms with Crippen molar-refractivity contribution in [2.45, 2.75) is 32.3 Å². The molecular formula is C10H16O. The number of hydrogen-bond acceptors (Lipinski definition) is 1. The minimum absolute atomic E-state index is 0.303. The van der Waals surface area contributed by atoms with E-state index in [2.05, 4.69) is 13.0 Å². The second-order valence-electron chi connectivity index (χ2n) is 3.10. The van der Waals surface area contributed by atoms with Crippen LogP contribution in [0.3, 0.4) is 0 Å². The zero-order valence-corrected chi connectivity index (χ0v) is 7.25. The standard InChI is InChI=1S/C10H16O/c1-3-9-7-5-6-8-10(9,11)4-2/h5-9,11H,3-4H2,1-2H3. The van der Waals surface area contributed by atoms with Gasteiger partial charge in [-0.15, -0.1) is 0 Å². The molecule has 0 aromatic carbocycles. The Balaban J connectivity index is 2.77. The Hall–Kier alpha value is -0.560. The van der Waals surface area contributed by atoms with Gasteiger partial charge in [-0.2, -0.15) is 0 Å². The lowest BCUT2D eigenvalue weighted by Gasteiger charge is -2.31. The molecule has 0 aromatic heterocycles. The van der Waals surface area contributed by atoms with Gasteiger partial charge in [0.1, 0.15) is 0 Å². The minimum atomic E-state index is -0.580. The molecule has 0 amide bonds. The largest absolute Gasteiger partial charge is 0.385 e. The molecule has 1 N–H and O–H groups in total. The molecule has 0 aliphatic heterocycles. The molecule has 0 spiro atoms. The molecule has 11 heavy (non-hydrogen) atoms. The quantitative estimate of drug-likeness (QED) is 0.643. The number of aliphatic hydroxyl groups is 1. The molecule has 0 bridgehead atoms. The molecule has 0 aromatic rings. The van der Waals surface area contributed by atoms with Crippen LogP contribution >= 0.6 is 0 Å². The van der Waals surface area contributed by atoms with Crippen LogP contribution in [0.25, 0.3) is 0 Å². The maximum atomic E-state index is 10.0. The van der Waals surface area contributed by atoms with Crippen molar-refractivity contribution in [2.24, 2.45) is 5.92 Å². The summed E-state index contributed by atoms with van der Waals surface area (Å²) in [4.78, 5) is 0. The van der Waals surface area contributed by atoms with Crippen molar-refractivity contribution in [3.8, 4) is 0 Å². The number of hydrogen-bond donors (Lipinski definition) is 1. The minimum Gasteiger partial charge on any atom is -0.385 e. The van der Waals surface area contributed by atoms with Crippen molar-refractivity contribution in [3.63, 3.8) is 0 Å². The zero-order valence-electron chi connectivity index (χ0n) is 7.25. The van der Waals surface area contributed by atoms with Gasteiger partial charge in [-0.1, -0.05) is 38.2 Å². The summed E-state index contributed by atoms with van der Waals surface area (Å²) in [5.74, 6) is 0.303. The molecule has 62 valence electrons. The van der Waals surface area contributed by atoms with E-state index in [1.54, 1.807) is 0 Å². The summed E-state index contributed by atoms with van der Waals surface area (Å²) >= 11 is 0. The van der Waals surface area contributed by atoms with Crippen molar-refractivity contribution in [1.82, 2.24) is 0 Å². The van der Waals surface area contributed by atoms with E-state index in [1.807, 2.05) is 25.2 Å². The summed E-state index contributed by atoms with van der Waals surface area (Å²) in [6, 6.07) is 0. The van der Waals surface area contributed by atoms with Gasteiger partial charge in [0, 0.05) is 5.92 Å². The average molecular weight is 152 g/mol. The van der Waals surface area contributed by atoms with Crippen LogP contribution in [0.5, 0.6) is 0 Å². The summed E-state index contributed by atoms with van der Waals surface area (Å²) in [5.41, 5.74) is -0.580. The van der Waals surface area contributed by atoms with Crippen LogP contribution in [-0.4, -0.2) is 10.7 Å². The van der Waals surface area contributed by atoms with Gasteiger partial charge in [-0.3, -0.25) is 0 Å². The second-order valence-corrected chi connectivity index (χ2v) is 3.10. The number of allylic oxidation sites excluding steroid dienone is 2. The van der Waals surface area contributed by atoms with Crippen molar-refractivity contribution < 1.29 is 5.11 Å². The van der Waals surface area contributed by atoms with Gasteiger partial charge in [0.05, 0.1) is 5.60 Å². The lowest BCUT2D eigenvalue weighted by molar-refractivity contribution is 0.0409. The Kier molecular flexibility index (Phi) is 2.50. The lowest BCUT2D eigenvalue weighted by Crippen LogP contribution is -2.34. The SMILES string of the molecule is CCC1C=CC=CC1(O)CC. The summed E-state index contributed by atoms with van der Waals surface area (Å²) in [6.07, 6.45) is 9.73. The van der Waals surface area contributed by atoms with Crippen LogP contribution in [0.4, 0.5) is 0 Å². The molecule has 1 heteroatoms. The third kappa shape index (κ3) is 1.54. The monoisotopic (exact) mass is 152 g/mol. The topological polar surface area (TPSA) is 20.2 Å². The summed E-state index contributed by atoms with van der Waals surface area (Å²) in [6.45, 7) is 4.13. The first-order chi connectivity index (χ1) is 5.23. The molecule has 2 atom stereocenters. The zero-order chi connectivity index (χ0) is 8.32. The van der Waals surface area contributed by atoms with E-state index in [0.717, 1.165) is 12.8 Å². The highest BCUT2D eigenvalue weighted by atomic mass is 16.3. The van der Waals surface area contributed by atoms with Gasteiger partial charge >= 0.3 is 0 Å². The third-order valence-corrected chi connectivity index (χ3v) is 2.49. The first-order valence-corrected chi connectivity index (χ1v) is 4.31. The van der Waals surface area contributed by atoms with Crippen molar-refractivity contribution in [2.75, 3.05) is 0 Å². The molecule has 1 rings (SSSR count). The molecule has 1 aliphatic carbocycles. The van der Waals surface area contributed by atoms with Gasteiger partial charge in [0.2, 0.25) is 0 Å². The lowest BCUT2D eigenvalue weighted by atomic mass is 9.80. The molecule has 1 nitrogen and oxygen atoms in total. The predicted octanol–water partition coefficient (Wildman–Crippen LogP) is 2.28. The van der Waals surface area contributed by atoms with Crippen LogP contribution in [0.2, 0.25) is 0 Å². The Morgan fingerprint density at radius 1 is 1.36 bits per heavy atom. The number of rotatable bonds is 2. The van der Waals surface area contributed by atoms with Crippen molar-refractivity contribution in [1.29, 1.82) is 0 Å². The van der Waals surface area contributed by atoms with Crippen LogP contribution < -0.4 is 0 Å². The van der Waals surface area contributed by atoms with Gasteiger partial charge in [0.25, 0.3) is 0 Å². The molecule has 2 unspecified atom stereocenters. The first kappa shape index (κ1) is 8.54. The molecule has 0 saturated heterocycles. The molecule has 1 aliphatic rings. The Bertz CT molecular complexity index is 181. The van der Waals surface area contributed by atoms with Gasteiger partial charge in [0.15, 0.2) is 0 Å². The van der Waals surface area contributed by atoms with E-state index >= 15 is 0 Å². The van der Waals surface area contributed by atoms with E-state index in [-0.39, 0.29) is 0 Å². The fourth-order valence-electron chi connectivity index (χ4n) is 1.58. The normalized spacial score (nSPS) is 36.1. The molecule has 0 fully saturated rings. The molecule has 0 heterocycles. The second kappa shape index (κ2) is 3.22. The third-order valence-electron chi connectivity index (χ3n) is 2.49. The fraction of sp³-hybridized carbons (Fsp3) is 0.600. The molecule has 0 saturated carbocycles. The van der Waals surface area contributed by atoms with Crippen LogP contribution in [0.1, 0.15) is 26.7 Å². The highest BCUT2D eigenvalue weighted by molar-refractivity contribution is 5.20. The summed E-state index contributed by atoms with van der Waals surface area (Å²) in [7, 11) is 0. The highest BCUT2D eigenvalue weighted by Crippen LogP contribution is 2.29. The van der Waals surface area contributed by atoms with E-state index < -0.39 is 5.60 Å². The maximum Gasteiger partial charge on any atom is 0.0890 e. The summed E-state index contributed by atoms with van der Waals surface area (Å²) in [5, 5.41) is 10.0. The fourth-order valence-corrected chi connectivity index (χ4v) is 1.58. The van der Waals surface area contributed by atoms with E-state index in [4.69, 9.17) is 0 Å². The van der Waals surface area contributed by atoms with E-state index in [9.17, 15) is 5.11 Å². The van der Waals surface area contributed by atoms with Gasteiger partial charge in [-0.25, -0.2) is 0 Å². The first-order valence-electron chi connectivity index (χ1n) is 4.31. The van der Waals surface area contributed by atoms with Crippen LogP contribution in [0.15, 0.2) is 24.3 Å². The molecular weight excluding hydrogens is 136 g/mol. The highest BCUT2D eigenvalue weighted by Gasteiger charge is 2.30. The van der Waals surface area contributed by atoms with Gasteiger partial charge in [-0.05, 0) is 12.8 Å². The predicted molar refractivity (Wildman–Crippen MR) is 47.3 cm³/mol. The molecule has 0 radical (unpaired) electrons. The van der Waals surface area contributed by atoms with Crippen LogP contribution in [-0.2, 0) is 0 Å². The summed E-state index contributed by atoms with van der Waals surface area (Å²) < 4.78 is 0. The Labute approximate surface area is 68.4 Å². The average Bonchev–Trinajstić information content (AvgIpc) is 2.05. The van der Waals surface area contributed by atoms with Crippen LogP contribution in [0, 0.1) is 5.92 Å². The smallest absolute Gasteiger partial charge is 0.0890 e. The Morgan fingerprint density at radius 3 is 2.55 bits per heavy atom. The van der Waals surface area contributed by atoms with E-state index in [1.165, 1.54) is 0 Å². The van der Waals surface area contributed by atoms with Crippen molar-refractivity contribution in [3.05, 3.63) is 24.3 Å². The Morgan fingerprint density at radius 2 is 2.09 bits per heavy atom. The maximum absolute atomic E-state index is 10.0. The van der Waals surface area contributed by atoms with Crippen molar-refractivity contribution >= 4 is 0 Å². The van der Waals surface area contributed by atoms with Gasteiger partial charge < -0.3 is 5.11 Å². The van der Waals surface area contributed by atoms with E-state index in [0.29, 0.717) is 5.92 Å².